The molecule has 1 atom stereocenters. The van der Waals surface area contributed by atoms with Crippen molar-refractivity contribution in [3.05, 3.63) is 35.4 Å². The minimum Gasteiger partial charge on any atom is -0.350 e. The Morgan fingerprint density at radius 1 is 1.28 bits per heavy atom. The molecule has 2 heterocycles. The molecule has 0 aromatic heterocycles. The highest BCUT2D eigenvalue weighted by Crippen LogP contribution is 2.22. The minimum atomic E-state index is -0.257. The van der Waals surface area contributed by atoms with Gasteiger partial charge in [0.05, 0.1) is 6.54 Å². The molecule has 0 saturated carbocycles. The summed E-state index contributed by atoms with van der Waals surface area (Å²) in [5, 5.41) is 1.46. The second kappa shape index (κ2) is 5.08. The summed E-state index contributed by atoms with van der Waals surface area (Å²) in [5.41, 5.74) is 1.85. The van der Waals surface area contributed by atoms with Gasteiger partial charge in [0, 0.05) is 18.6 Å². The van der Waals surface area contributed by atoms with Crippen molar-refractivity contribution in [2.24, 2.45) is 0 Å². The largest absolute Gasteiger partial charge is 0.350 e. The average molecular weight is 247 g/mol. The molecule has 2 aliphatic rings. The van der Waals surface area contributed by atoms with E-state index in [2.05, 4.69) is 0 Å². The van der Waals surface area contributed by atoms with E-state index in [0.717, 1.165) is 43.4 Å². The van der Waals surface area contributed by atoms with Crippen LogP contribution in [-0.2, 0) is 16.0 Å². The van der Waals surface area contributed by atoms with Gasteiger partial charge in [0.2, 0.25) is 0 Å². The summed E-state index contributed by atoms with van der Waals surface area (Å²) < 4.78 is 5.50. The van der Waals surface area contributed by atoms with Gasteiger partial charge in [-0.25, -0.2) is 9.90 Å². The van der Waals surface area contributed by atoms with E-state index < -0.39 is 0 Å². The van der Waals surface area contributed by atoms with Crippen molar-refractivity contribution in [1.82, 2.24) is 5.06 Å². The van der Waals surface area contributed by atoms with Gasteiger partial charge in [-0.3, -0.25) is 4.79 Å². The molecule has 1 saturated heterocycles. The van der Waals surface area contributed by atoms with Crippen LogP contribution in [0.1, 0.15) is 35.2 Å². The zero-order valence-corrected chi connectivity index (χ0v) is 10.3. The number of fused-ring (bicyclic) bond motifs is 1. The second-order valence-electron chi connectivity index (χ2n) is 4.72. The predicted molar refractivity (Wildman–Crippen MR) is 65.9 cm³/mol. The van der Waals surface area contributed by atoms with Crippen LogP contribution in [0.5, 0.6) is 0 Å². The Morgan fingerprint density at radius 3 is 3.00 bits per heavy atom. The van der Waals surface area contributed by atoms with Gasteiger partial charge in [-0.05, 0) is 30.9 Å². The zero-order chi connectivity index (χ0) is 12.4. The maximum atomic E-state index is 12.2. The van der Waals surface area contributed by atoms with Crippen LogP contribution in [0.25, 0.3) is 0 Å². The second-order valence-corrected chi connectivity index (χ2v) is 4.72. The van der Waals surface area contributed by atoms with Crippen molar-refractivity contribution in [2.75, 3.05) is 13.2 Å². The van der Waals surface area contributed by atoms with Crippen molar-refractivity contribution in [2.45, 2.75) is 32.0 Å². The Morgan fingerprint density at radius 2 is 2.17 bits per heavy atom. The fourth-order valence-corrected chi connectivity index (χ4v) is 2.44. The molecule has 0 bridgehead atoms. The number of rotatable bonds is 2. The van der Waals surface area contributed by atoms with E-state index in [1.54, 1.807) is 0 Å². The fraction of sp³-hybridized carbons (Fsp3) is 0.500. The standard InChI is InChI=1S/C14H17NO3/c16-14-12-6-2-1-5-11(12)8-9-15(14)18-13-7-3-4-10-17-13/h1-2,5-6,13H,3-4,7-10H2. The van der Waals surface area contributed by atoms with Crippen LogP contribution in [-0.4, -0.2) is 30.4 Å². The van der Waals surface area contributed by atoms with E-state index >= 15 is 0 Å². The number of benzene rings is 1. The molecule has 0 aliphatic carbocycles. The smallest absolute Gasteiger partial charge is 0.277 e. The number of carbonyl (C=O) groups is 1. The molecule has 0 spiro atoms. The minimum absolute atomic E-state index is 0.0500. The van der Waals surface area contributed by atoms with Crippen molar-refractivity contribution < 1.29 is 14.4 Å². The molecule has 4 heteroatoms. The van der Waals surface area contributed by atoms with E-state index in [1.165, 1.54) is 5.06 Å². The van der Waals surface area contributed by atoms with Gasteiger partial charge in [-0.2, -0.15) is 0 Å². The number of ether oxygens (including phenoxy) is 1. The van der Waals surface area contributed by atoms with E-state index in [-0.39, 0.29) is 12.2 Å². The van der Waals surface area contributed by atoms with Gasteiger partial charge < -0.3 is 4.74 Å². The highest BCUT2D eigenvalue weighted by atomic mass is 16.8. The molecule has 2 aliphatic heterocycles. The Kier molecular flexibility index (Phi) is 3.30. The molecule has 0 N–H and O–H groups in total. The van der Waals surface area contributed by atoms with Crippen LogP contribution in [0.15, 0.2) is 24.3 Å². The number of nitrogens with zero attached hydrogens (tertiary/aromatic N) is 1. The molecule has 18 heavy (non-hydrogen) atoms. The number of hydrogen-bond donors (Lipinski definition) is 0. The lowest BCUT2D eigenvalue weighted by Crippen LogP contribution is -2.41. The van der Waals surface area contributed by atoms with Crippen molar-refractivity contribution >= 4 is 5.91 Å². The summed E-state index contributed by atoms with van der Waals surface area (Å²) in [7, 11) is 0. The molecule has 1 fully saturated rings. The molecular weight excluding hydrogens is 230 g/mol. The molecule has 3 rings (SSSR count). The SMILES string of the molecule is O=C1c2ccccc2CCN1OC1CCCCO1. The summed E-state index contributed by atoms with van der Waals surface area (Å²) in [5.74, 6) is -0.0500. The Labute approximate surface area is 106 Å². The Hall–Kier alpha value is -1.39. The molecule has 1 aromatic carbocycles. The van der Waals surface area contributed by atoms with Gasteiger partial charge in [-0.1, -0.05) is 18.2 Å². The number of hydroxylamine groups is 2. The third-order valence-corrected chi connectivity index (χ3v) is 3.44. The van der Waals surface area contributed by atoms with Gasteiger partial charge in [0.1, 0.15) is 0 Å². The summed E-state index contributed by atoms with van der Waals surface area (Å²) >= 11 is 0. The summed E-state index contributed by atoms with van der Waals surface area (Å²) in [6.07, 6.45) is 3.63. The lowest BCUT2D eigenvalue weighted by Gasteiger charge is -2.32. The first-order valence-electron chi connectivity index (χ1n) is 6.53. The lowest BCUT2D eigenvalue weighted by atomic mass is 10.0. The maximum absolute atomic E-state index is 12.2. The van der Waals surface area contributed by atoms with Gasteiger partial charge in [0.15, 0.2) is 6.29 Å². The molecule has 96 valence electrons. The highest BCUT2D eigenvalue weighted by molar-refractivity contribution is 5.96. The van der Waals surface area contributed by atoms with Gasteiger partial charge in [-0.15, -0.1) is 0 Å². The number of carbonyl (C=O) groups excluding carboxylic acids is 1. The average Bonchev–Trinajstić information content (AvgIpc) is 2.43. The summed E-state index contributed by atoms with van der Waals surface area (Å²) in [6, 6.07) is 7.71. The van der Waals surface area contributed by atoms with Crippen LogP contribution in [0.3, 0.4) is 0 Å². The monoisotopic (exact) mass is 247 g/mol. The molecule has 0 radical (unpaired) electrons. The van der Waals surface area contributed by atoms with E-state index in [1.807, 2.05) is 24.3 Å². The zero-order valence-electron chi connectivity index (χ0n) is 10.3. The third-order valence-electron chi connectivity index (χ3n) is 3.44. The Balaban J connectivity index is 1.70. The van der Waals surface area contributed by atoms with Crippen LogP contribution in [0.4, 0.5) is 0 Å². The van der Waals surface area contributed by atoms with Crippen LogP contribution < -0.4 is 0 Å². The highest BCUT2D eigenvalue weighted by Gasteiger charge is 2.28. The lowest BCUT2D eigenvalue weighted by molar-refractivity contribution is -0.267. The van der Waals surface area contributed by atoms with Gasteiger partial charge in [0.25, 0.3) is 5.91 Å². The first-order chi connectivity index (χ1) is 8.84. The number of amides is 1. The quantitative estimate of drug-likeness (QED) is 0.803. The molecule has 4 nitrogen and oxygen atoms in total. The summed E-state index contributed by atoms with van der Waals surface area (Å²) in [6.45, 7) is 1.33. The third kappa shape index (κ3) is 2.26. The molecule has 1 amide bonds. The van der Waals surface area contributed by atoms with E-state index in [9.17, 15) is 4.79 Å². The fourth-order valence-electron chi connectivity index (χ4n) is 2.44. The van der Waals surface area contributed by atoms with Gasteiger partial charge >= 0.3 is 0 Å². The van der Waals surface area contributed by atoms with Crippen molar-refractivity contribution in [1.29, 1.82) is 0 Å². The van der Waals surface area contributed by atoms with E-state index in [4.69, 9.17) is 9.57 Å². The maximum Gasteiger partial charge on any atom is 0.277 e. The van der Waals surface area contributed by atoms with Crippen molar-refractivity contribution in [3.8, 4) is 0 Å². The first kappa shape index (κ1) is 11.7. The predicted octanol–water partition coefficient (Wildman–Crippen LogP) is 2.14. The first-order valence-corrected chi connectivity index (χ1v) is 6.53. The van der Waals surface area contributed by atoms with E-state index in [0.29, 0.717) is 6.54 Å². The summed E-state index contributed by atoms with van der Waals surface area (Å²) in [4.78, 5) is 17.9. The molecular formula is C14H17NO3. The Bertz CT molecular complexity index is 440. The number of hydrogen-bond acceptors (Lipinski definition) is 3. The van der Waals surface area contributed by atoms with Crippen LogP contribution in [0.2, 0.25) is 0 Å². The molecule has 1 aromatic rings. The van der Waals surface area contributed by atoms with Crippen molar-refractivity contribution in [3.63, 3.8) is 0 Å². The van der Waals surface area contributed by atoms with Crippen LogP contribution >= 0.6 is 0 Å². The normalized spacial score (nSPS) is 23.9. The topological polar surface area (TPSA) is 38.8 Å². The molecule has 1 unspecified atom stereocenters. The van der Waals surface area contributed by atoms with Crippen LogP contribution in [0, 0.1) is 0 Å².